The molecule has 0 spiro atoms. The molecule has 2 fully saturated rings. The Morgan fingerprint density at radius 2 is 2.09 bits per heavy atom. The zero-order valence-electron chi connectivity index (χ0n) is 18.2. The second-order valence-electron chi connectivity index (χ2n) is 7.89. The lowest BCUT2D eigenvalue weighted by atomic mass is 10.2. The highest BCUT2D eigenvalue weighted by Gasteiger charge is 2.25. The van der Waals surface area contributed by atoms with E-state index >= 15 is 4.39 Å². The molecule has 1 aromatic heterocycles. The molecule has 9 nitrogen and oxygen atoms in total. The van der Waals surface area contributed by atoms with Crippen molar-refractivity contribution in [3.63, 3.8) is 0 Å². The third-order valence-electron chi connectivity index (χ3n) is 5.39. The third-order valence-corrected chi connectivity index (χ3v) is 5.39. The van der Waals surface area contributed by atoms with Crippen LogP contribution in [0.25, 0.3) is 11.4 Å². The molecule has 32 heavy (non-hydrogen) atoms. The number of likely N-dealkylation sites (N-methyl/N-ethyl adjacent to an activating group) is 1. The van der Waals surface area contributed by atoms with E-state index in [-0.39, 0.29) is 24.3 Å². The SMILES string of the molecule is CNCC(O)COc1cccc(-c2nc(NC3CCOC3)c(F)c(N3CCOCC3)n2)c1. The molecule has 0 bridgehead atoms. The van der Waals surface area contributed by atoms with Crippen molar-refractivity contribution < 1.29 is 23.7 Å². The van der Waals surface area contributed by atoms with Gasteiger partial charge in [0, 0.05) is 31.8 Å². The van der Waals surface area contributed by atoms with Crippen LogP contribution in [0.2, 0.25) is 0 Å². The van der Waals surface area contributed by atoms with Gasteiger partial charge >= 0.3 is 0 Å². The molecule has 2 unspecified atom stereocenters. The maximum Gasteiger partial charge on any atom is 0.207 e. The molecule has 0 radical (unpaired) electrons. The zero-order valence-corrected chi connectivity index (χ0v) is 18.2. The Labute approximate surface area is 186 Å². The molecule has 2 atom stereocenters. The van der Waals surface area contributed by atoms with E-state index in [9.17, 15) is 5.11 Å². The number of aromatic nitrogens is 2. The van der Waals surface area contributed by atoms with Gasteiger partial charge in [0.1, 0.15) is 18.5 Å². The fourth-order valence-electron chi connectivity index (χ4n) is 3.70. The minimum atomic E-state index is -0.622. The number of rotatable bonds is 9. The number of hydrogen-bond acceptors (Lipinski definition) is 9. The molecule has 3 N–H and O–H groups in total. The maximum absolute atomic E-state index is 15.4. The number of morpholine rings is 1. The summed E-state index contributed by atoms with van der Waals surface area (Å²) in [6.07, 6.45) is 0.173. The van der Waals surface area contributed by atoms with E-state index in [1.54, 1.807) is 19.2 Å². The van der Waals surface area contributed by atoms with E-state index in [0.717, 1.165) is 6.42 Å². The van der Waals surface area contributed by atoms with E-state index < -0.39 is 11.9 Å². The molecule has 4 rings (SSSR count). The van der Waals surface area contributed by atoms with E-state index in [1.807, 2.05) is 17.0 Å². The predicted octanol–water partition coefficient (Wildman–Crippen LogP) is 1.28. The first kappa shape index (κ1) is 22.7. The highest BCUT2D eigenvalue weighted by atomic mass is 19.1. The average Bonchev–Trinajstić information content (AvgIpc) is 3.33. The quantitative estimate of drug-likeness (QED) is 0.525. The van der Waals surface area contributed by atoms with E-state index in [0.29, 0.717) is 63.2 Å². The molecule has 174 valence electrons. The molecule has 10 heteroatoms. The number of nitrogens with one attached hydrogen (secondary N) is 2. The minimum Gasteiger partial charge on any atom is -0.491 e. The van der Waals surface area contributed by atoms with Crippen LogP contribution in [0.4, 0.5) is 16.0 Å². The summed E-state index contributed by atoms with van der Waals surface area (Å²) in [4.78, 5) is 11.0. The van der Waals surface area contributed by atoms with Gasteiger partial charge < -0.3 is 34.9 Å². The van der Waals surface area contributed by atoms with Crippen molar-refractivity contribution in [3.05, 3.63) is 30.1 Å². The lowest BCUT2D eigenvalue weighted by molar-refractivity contribution is 0.108. The van der Waals surface area contributed by atoms with Crippen molar-refractivity contribution >= 4 is 11.6 Å². The van der Waals surface area contributed by atoms with Crippen LogP contribution >= 0.6 is 0 Å². The Balaban J connectivity index is 1.62. The lowest BCUT2D eigenvalue weighted by Gasteiger charge is -2.29. The Morgan fingerprint density at radius 1 is 1.25 bits per heavy atom. The number of benzene rings is 1. The van der Waals surface area contributed by atoms with Gasteiger partial charge in [-0.25, -0.2) is 9.97 Å². The monoisotopic (exact) mass is 447 g/mol. The van der Waals surface area contributed by atoms with Gasteiger partial charge in [-0.2, -0.15) is 4.39 Å². The molecule has 2 aromatic rings. The van der Waals surface area contributed by atoms with Gasteiger partial charge in [-0.3, -0.25) is 0 Å². The van der Waals surface area contributed by atoms with Crippen LogP contribution < -0.4 is 20.3 Å². The average molecular weight is 448 g/mol. The summed E-state index contributed by atoms with van der Waals surface area (Å²) < 4.78 is 31.9. The molecule has 1 aromatic carbocycles. The van der Waals surface area contributed by atoms with Crippen LogP contribution in [-0.4, -0.2) is 86.9 Å². The first-order chi connectivity index (χ1) is 15.6. The standard InChI is InChI=1S/C22H30FN5O4/c1-24-12-17(29)14-32-18-4-2-3-15(11-18)20-26-21(25-16-5-8-31-13-16)19(23)22(27-20)28-6-9-30-10-7-28/h2-4,11,16-17,24,29H,5-10,12-14H2,1H3,(H,25,26,27). The highest BCUT2D eigenvalue weighted by Crippen LogP contribution is 2.30. The van der Waals surface area contributed by atoms with Crippen molar-refractivity contribution in [2.24, 2.45) is 0 Å². The topological polar surface area (TPSA) is 101 Å². The van der Waals surface area contributed by atoms with Gasteiger partial charge in [0.2, 0.25) is 5.82 Å². The summed E-state index contributed by atoms with van der Waals surface area (Å²) in [5, 5.41) is 16.0. The smallest absolute Gasteiger partial charge is 0.207 e. The summed E-state index contributed by atoms with van der Waals surface area (Å²) in [5.41, 5.74) is 0.700. The van der Waals surface area contributed by atoms with Gasteiger partial charge in [0.15, 0.2) is 17.5 Å². The second-order valence-corrected chi connectivity index (χ2v) is 7.89. The van der Waals surface area contributed by atoms with E-state index in [2.05, 4.69) is 20.6 Å². The molecular formula is C22H30FN5O4. The van der Waals surface area contributed by atoms with Crippen LogP contribution in [-0.2, 0) is 9.47 Å². The summed E-state index contributed by atoms with van der Waals surface area (Å²) in [6, 6.07) is 7.29. The zero-order chi connectivity index (χ0) is 22.3. The Bertz CT molecular complexity index is 891. The number of nitrogens with zero attached hydrogens (tertiary/aromatic N) is 3. The Hall–Kier alpha value is -2.53. The largest absolute Gasteiger partial charge is 0.491 e. The van der Waals surface area contributed by atoms with E-state index in [1.165, 1.54) is 0 Å². The number of aliphatic hydroxyl groups excluding tert-OH is 1. The van der Waals surface area contributed by atoms with Crippen LogP contribution in [0.5, 0.6) is 5.75 Å². The maximum atomic E-state index is 15.4. The van der Waals surface area contributed by atoms with Crippen molar-refractivity contribution in [2.45, 2.75) is 18.6 Å². The Kier molecular flexibility index (Phi) is 7.69. The van der Waals surface area contributed by atoms with Crippen LogP contribution in [0, 0.1) is 5.82 Å². The number of aliphatic hydroxyl groups is 1. The van der Waals surface area contributed by atoms with Gasteiger partial charge in [0.25, 0.3) is 0 Å². The molecule has 2 aliphatic rings. The molecule has 3 heterocycles. The number of ether oxygens (including phenoxy) is 3. The lowest BCUT2D eigenvalue weighted by Crippen LogP contribution is -2.37. The van der Waals surface area contributed by atoms with E-state index in [4.69, 9.17) is 14.2 Å². The summed E-state index contributed by atoms with van der Waals surface area (Å²) in [5.74, 6) is 0.941. The first-order valence-corrected chi connectivity index (χ1v) is 10.9. The molecule has 0 saturated carbocycles. The number of hydrogen-bond donors (Lipinski definition) is 3. The molecule has 0 amide bonds. The van der Waals surface area contributed by atoms with Crippen LogP contribution in [0.1, 0.15) is 6.42 Å². The highest BCUT2D eigenvalue weighted by molar-refractivity contribution is 5.64. The van der Waals surface area contributed by atoms with Crippen molar-refractivity contribution in [3.8, 4) is 17.1 Å². The molecule has 2 aliphatic heterocycles. The third kappa shape index (κ3) is 5.63. The fraction of sp³-hybridized carbons (Fsp3) is 0.545. The number of anilines is 2. The normalized spacial score (nSPS) is 19.7. The first-order valence-electron chi connectivity index (χ1n) is 10.9. The molecule has 2 saturated heterocycles. The van der Waals surface area contributed by atoms with Gasteiger partial charge in [-0.1, -0.05) is 12.1 Å². The summed E-state index contributed by atoms with van der Waals surface area (Å²) in [7, 11) is 1.77. The van der Waals surface area contributed by atoms with Crippen LogP contribution in [0.3, 0.4) is 0 Å². The minimum absolute atomic E-state index is 0.00752. The van der Waals surface area contributed by atoms with Crippen molar-refractivity contribution in [1.29, 1.82) is 0 Å². The second kappa shape index (κ2) is 10.9. The van der Waals surface area contributed by atoms with Crippen molar-refractivity contribution in [2.75, 3.05) is 69.9 Å². The van der Waals surface area contributed by atoms with Gasteiger partial charge in [0.05, 0.1) is 25.9 Å². The predicted molar refractivity (Wildman–Crippen MR) is 119 cm³/mol. The fourth-order valence-corrected chi connectivity index (χ4v) is 3.70. The summed E-state index contributed by atoms with van der Waals surface area (Å²) in [6.45, 7) is 3.92. The number of halogens is 1. The molecule has 0 aliphatic carbocycles. The van der Waals surface area contributed by atoms with Gasteiger partial charge in [-0.15, -0.1) is 0 Å². The summed E-state index contributed by atoms with van der Waals surface area (Å²) >= 11 is 0. The Morgan fingerprint density at radius 3 is 2.84 bits per heavy atom. The molecular weight excluding hydrogens is 417 g/mol. The van der Waals surface area contributed by atoms with Gasteiger partial charge in [-0.05, 0) is 25.6 Å². The van der Waals surface area contributed by atoms with Crippen LogP contribution in [0.15, 0.2) is 24.3 Å². The van der Waals surface area contributed by atoms with Crippen molar-refractivity contribution in [1.82, 2.24) is 15.3 Å².